The number of furan rings is 1. The van der Waals surface area contributed by atoms with Gasteiger partial charge in [-0.3, -0.25) is 0 Å². The van der Waals surface area contributed by atoms with Crippen LogP contribution in [0.25, 0.3) is 11.3 Å². The summed E-state index contributed by atoms with van der Waals surface area (Å²) in [5, 5.41) is 4.69. The second kappa shape index (κ2) is 6.69. The number of para-hydroxylation sites is 1. The first-order valence-corrected chi connectivity index (χ1v) is 8.14. The summed E-state index contributed by atoms with van der Waals surface area (Å²) in [6.07, 6.45) is 0. The van der Waals surface area contributed by atoms with Crippen molar-refractivity contribution in [3.63, 3.8) is 0 Å². The van der Waals surface area contributed by atoms with Crippen LogP contribution in [0, 0.1) is 13.8 Å². The van der Waals surface area contributed by atoms with Crippen LogP contribution in [-0.4, -0.2) is 0 Å². The van der Waals surface area contributed by atoms with E-state index in [2.05, 4.69) is 37.4 Å². The maximum absolute atomic E-state index is 6.22. The topological polar surface area (TPSA) is 25.2 Å². The lowest BCUT2D eigenvalue weighted by Crippen LogP contribution is -2.01. The van der Waals surface area contributed by atoms with Crippen LogP contribution in [0.4, 0.5) is 5.69 Å². The molecule has 0 saturated heterocycles. The Kier molecular flexibility index (Phi) is 4.65. The van der Waals surface area contributed by atoms with Gasteiger partial charge in [0.1, 0.15) is 11.5 Å². The highest BCUT2D eigenvalue weighted by atomic mass is 35.5. The van der Waals surface area contributed by atoms with Crippen molar-refractivity contribution >= 4 is 28.9 Å². The van der Waals surface area contributed by atoms with Crippen LogP contribution >= 0.6 is 23.2 Å². The van der Waals surface area contributed by atoms with Crippen molar-refractivity contribution in [2.24, 2.45) is 0 Å². The van der Waals surface area contributed by atoms with Crippen LogP contribution in [0.3, 0.4) is 0 Å². The molecule has 0 aliphatic rings. The molecular formula is C19H17Cl2NO. The predicted octanol–water partition coefficient (Wildman–Crippen LogP) is 6.48. The lowest BCUT2D eigenvalue weighted by molar-refractivity contribution is 0.531. The summed E-state index contributed by atoms with van der Waals surface area (Å²) < 4.78 is 5.90. The number of aryl methyl sites for hydroxylation is 2. The fourth-order valence-corrected chi connectivity index (χ4v) is 2.96. The maximum Gasteiger partial charge on any atom is 0.135 e. The van der Waals surface area contributed by atoms with E-state index >= 15 is 0 Å². The first-order valence-electron chi connectivity index (χ1n) is 7.39. The molecule has 0 atom stereocenters. The molecule has 0 bridgehead atoms. The Morgan fingerprint density at radius 2 is 1.70 bits per heavy atom. The molecule has 4 heteroatoms. The first kappa shape index (κ1) is 16.0. The van der Waals surface area contributed by atoms with Crippen LogP contribution < -0.4 is 5.32 Å². The van der Waals surface area contributed by atoms with E-state index in [0.717, 1.165) is 22.8 Å². The molecule has 0 aliphatic carbocycles. The molecule has 2 aromatic carbocycles. The number of anilines is 1. The molecule has 3 rings (SSSR count). The monoisotopic (exact) mass is 345 g/mol. The Morgan fingerprint density at radius 1 is 0.957 bits per heavy atom. The van der Waals surface area contributed by atoms with Crippen LogP contribution in [0.15, 0.2) is 52.9 Å². The lowest BCUT2D eigenvalue weighted by atomic mass is 10.1. The SMILES string of the molecule is Cc1cccc(C)c1NCc1ccc(-c2cc(Cl)ccc2Cl)o1. The molecule has 0 aliphatic heterocycles. The van der Waals surface area contributed by atoms with Gasteiger partial charge in [0.2, 0.25) is 0 Å². The number of benzene rings is 2. The third kappa shape index (κ3) is 3.54. The van der Waals surface area contributed by atoms with Crippen LogP contribution in [0.1, 0.15) is 16.9 Å². The highest BCUT2D eigenvalue weighted by Gasteiger charge is 2.10. The van der Waals surface area contributed by atoms with Gasteiger partial charge in [-0.05, 0) is 55.3 Å². The van der Waals surface area contributed by atoms with Gasteiger partial charge in [-0.1, -0.05) is 41.4 Å². The molecule has 1 N–H and O–H groups in total. The van der Waals surface area contributed by atoms with E-state index < -0.39 is 0 Å². The van der Waals surface area contributed by atoms with Crippen molar-refractivity contribution in [2.75, 3.05) is 5.32 Å². The predicted molar refractivity (Wildman–Crippen MR) is 97.4 cm³/mol. The summed E-state index contributed by atoms with van der Waals surface area (Å²) in [5.41, 5.74) is 4.38. The van der Waals surface area contributed by atoms with Gasteiger partial charge >= 0.3 is 0 Å². The largest absolute Gasteiger partial charge is 0.459 e. The molecule has 0 amide bonds. The van der Waals surface area contributed by atoms with Gasteiger partial charge in [-0.25, -0.2) is 0 Å². The second-order valence-electron chi connectivity index (χ2n) is 5.51. The van der Waals surface area contributed by atoms with E-state index in [-0.39, 0.29) is 0 Å². The lowest BCUT2D eigenvalue weighted by Gasteiger charge is -2.11. The van der Waals surface area contributed by atoms with Crippen molar-refractivity contribution < 1.29 is 4.42 Å². The standard InChI is InChI=1S/C19H17Cl2NO/c1-12-4-3-5-13(2)19(12)22-11-15-7-9-18(23-15)16-10-14(20)6-8-17(16)21/h3-10,22H,11H2,1-2H3. The minimum absolute atomic E-state index is 0.615. The molecule has 118 valence electrons. The zero-order chi connectivity index (χ0) is 16.4. The molecule has 0 saturated carbocycles. The third-order valence-corrected chi connectivity index (χ3v) is 4.34. The van der Waals surface area contributed by atoms with E-state index in [1.807, 2.05) is 18.2 Å². The zero-order valence-corrected chi connectivity index (χ0v) is 14.5. The molecule has 0 fully saturated rings. The van der Waals surface area contributed by atoms with Crippen molar-refractivity contribution in [3.8, 4) is 11.3 Å². The molecule has 1 heterocycles. The van der Waals surface area contributed by atoms with Crippen molar-refractivity contribution in [1.29, 1.82) is 0 Å². The average Bonchev–Trinajstić information content (AvgIpc) is 2.98. The average molecular weight is 346 g/mol. The number of hydrogen-bond acceptors (Lipinski definition) is 2. The van der Waals surface area contributed by atoms with E-state index in [0.29, 0.717) is 16.6 Å². The van der Waals surface area contributed by atoms with Gasteiger partial charge in [-0.15, -0.1) is 0 Å². The second-order valence-corrected chi connectivity index (χ2v) is 6.35. The van der Waals surface area contributed by atoms with E-state index in [9.17, 15) is 0 Å². The van der Waals surface area contributed by atoms with E-state index in [1.54, 1.807) is 12.1 Å². The quantitative estimate of drug-likeness (QED) is 0.585. The number of nitrogens with one attached hydrogen (secondary N) is 1. The van der Waals surface area contributed by atoms with E-state index in [1.165, 1.54) is 11.1 Å². The normalized spacial score (nSPS) is 10.8. The summed E-state index contributed by atoms with van der Waals surface area (Å²) in [4.78, 5) is 0. The van der Waals surface area contributed by atoms with Gasteiger partial charge in [0, 0.05) is 16.3 Å². The summed E-state index contributed by atoms with van der Waals surface area (Å²) in [6.45, 7) is 4.80. The number of halogens is 2. The highest BCUT2D eigenvalue weighted by Crippen LogP contribution is 2.32. The molecule has 0 spiro atoms. The van der Waals surface area contributed by atoms with Crippen molar-refractivity contribution in [2.45, 2.75) is 20.4 Å². The van der Waals surface area contributed by atoms with Gasteiger partial charge < -0.3 is 9.73 Å². The van der Waals surface area contributed by atoms with Crippen molar-refractivity contribution in [1.82, 2.24) is 0 Å². The van der Waals surface area contributed by atoms with E-state index in [4.69, 9.17) is 27.6 Å². The zero-order valence-electron chi connectivity index (χ0n) is 13.0. The van der Waals surface area contributed by atoms with Gasteiger partial charge in [0.25, 0.3) is 0 Å². The Morgan fingerprint density at radius 3 is 2.43 bits per heavy atom. The van der Waals surface area contributed by atoms with Gasteiger partial charge in [0.15, 0.2) is 0 Å². The molecule has 0 radical (unpaired) electrons. The first-order chi connectivity index (χ1) is 11.0. The van der Waals surface area contributed by atoms with Crippen LogP contribution in [0.2, 0.25) is 10.0 Å². The fourth-order valence-electron chi connectivity index (χ4n) is 2.57. The molecular weight excluding hydrogens is 329 g/mol. The Labute approximate surface area is 146 Å². The van der Waals surface area contributed by atoms with Gasteiger partial charge in [0.05, 0.1) is 11.6 Å². The summed E-state index contributed by atoms with van der Waals surface area (Å²) in [5.74, 6) is 1.56. The number of rotatable bonds is 4. The van der Waals surface area contributed by atoms with Crippen LogP contribution in [-0.2, 0) is 6.54 Å². The number of hydrogen-bond donors (Lipinski definition) is 1. The summed E-state index contributed by atoms with van der Waals surface area (Å²) in [7, 11) is 0. The van der Waals surface area contributed by atoms with Crippen molar-refractivity contribution in [3.05, 3.63) is 75.5 Å². The summed E-state index contributed by atoms with van der Waals surface area (Å²) >= 11 is 12.3. The molecule has 3 aromatic rings. The minimum Gasteiger partial charge on any atom is -0.459 e. The van der Waals surface area contributed by atoms with Crippen LogP contribution in [0.5, 0.6) is 0 Å². The smallest absolute Gasteiger partial charge is 0.135 e. The molecule has 0 unspecified atom stereocenters. The minimum atomic E-state index is 0.615. The molecule has 2 nitrogen and oxygen atoms in total. The Bertz CT molecular complexity index is 819. The molecule has 1 aromatic heterocycles. The Balaban J connectivity index is 1.79. The molecule has 23 heavy (non-hydrogen) atoms. The summed E-state index contributed by atoms with van der Waals surface area (Å²) in [6, 6.07) is 15.5. The highest BCUT2D eigenvalue weighted by molar-refractivity contribution is 6.35. The fraction of sp³-hybridized carbons (Fsp3) is 0.158. The Hall–Kier alpha value is -1.90. The van der Waals surface area contributed by atoms with Gasteiger partial charge in [-0.2, -0.15) is 0 Å². The maximum atomic E-state index is 6.22. The third-order valence-electron chi connectivity index (χ3n) is 3.78.